The topological polar surface area (TPSA) is 76.3 Å². The van der Waals surface area contributed by atoms with Crippen LogP contribution in [0.3, 0.4) is 0 Å². The lowest BCUT2D eigenvalue weighted by atomic mass is 10.2. The standard InChI is InChI=1S/C10H17N3O2S2/c1-8-9(16-10(11)12-8)17(14,15)13-6-4-2-3-5-7-13/h2-7H2,1H3,(H2,11,12). The monoisotopic (exact) mass is 275 g/mol. The minimum Gasteiger partial charge on any atom is -0.375 e. The molecule has 0 aliphatic carbocycles. The van der Waals surface area contributed by atoms with E-state index in [9.17, 15) is 8.42 Å². The molecule has 0 radical (unpaired) electrons. The van der Waals surface area contributed by atoms with Gasteiger partial charge in [0.1, 0.15) is 0 Å². The Kier molecular flexibility index (Phi) is 3.70. The quantitative estimate of drug-likeness (QED) is 0.889. The van der Waals surface area contributed by atoms with E-state index in [2.05, 4.69) is 4.98 Å². The number of sulfonamides is 1. The molecule has 96 valence electrons. The molecule has 2 heterocycles. The zero-order valence-corrected chi connectivity index (χ0v) is 11.5. The molecule has 0 bridgehead atoms. The van der Waals surface area contributed by atoms with Crippen LogP contribution in [0.4, 0.5) is 5.13 Å². The van der Waals surface area contributed by atoms with Crippen LogP contribution in [0.15, 0.2) is 4.21 Å². The highest BCUT2D eigenvalue weighted by Crippen LogP contribution is 2.29. The lowest BCUT2D eigenvalue weighted by molar-refractivity contribution is 0.424. The Morgan fingerprint density at radius 2 is 1.82 bits per heavy atom. The maximum atomic E-state index is 12.4. The van der Waals surface area contributed by atoms with Crippen molar-refractivity contribution in [3.05, 3.63) is 5.69 Å². The van der Waals surface area contributed by atoms with Gasteiger partial charge in [-0.15, -0.1) is 0 Å². The van der Waals surface area contributed by atoms with Crippen molar-refractivity contribution in [2.45, 2.75) is 36.8 Å². The lowest BCUT2D eigenvalue weighted by Gasteiger charge is -2.18. The van der Waals surface area contributed by atoms with E-state index in [1.54, 1.807) is 11.2 Å². The molecule has 1 fully saturated rings. The van der Waals surface area contributed by atoms with E-state index >= 15 is 0 Å². The summed E-state index contributed by atoms with van der Waals surface area (Å²) in [5.41, 5.74) is 6.07. The molecule has 17 heavy (non-hydrogen) atoms. The molecule has 0 amide bonds. The van der Waals surface area contributed by atoms with Gasteiger partial charge in [0.2, 0.25) is 0 Å². The summed E-state index contributed by atoms with van der Waals surface area (Å²) in [6.07, 6.45) is 4.09. The number of hydrogen-bond donors (Lipinski definition) is 1. The van der Waals surface area contributed by atoms with Crippen LogP contribution in [-0.2, 0) is 10.0 Å². The molecular formula is C10H17N3O2S2. The van der Waals surface area contributed by atoms with Crippen molar-refractivity contribution < 1.29 is 8.42 Å². The SMILES string of the molecule is Cc1nc(N)sc1S(=O)(=O)N1CCCCCC1. The molecule has 5 nitrogen and oxygen atoms in total. The molecule has 0 atom stereocenters. The van der Waals surface area contributed by atoms with Gasteiger partial charge >= 0.3 is 0 Å². The van der Waals surface area contributed by atoms with Gasteiger partial charge in [-0.1, -0.05) is 24.2 Å². The van der Waals surface area contributed by atoms with E-state index in [-0.39, 0.29) is 0 Å². The van der Waals surface area contributed by atoms with E-state index in [1.807, 2.05) is 0 Å². The molecule has 0 saturated carbocycles. The number of hydrogen-bond acceptors (Lipinski definition) is 5. The number of thiazole rings is 1. The summed E-state index contributed by atoms with van der Waals surface area (Å²) in [4.78, 5) is 3.99. The fourth-order valence-electron chi connectivity index (χ4n) is 2.04. The molecule has 1 aliphatic heterocycles. The summed E-state index contributed by atoms with van der Waals surface area (Å²) in [6.45, 7) is 2.91. The number of rotatable bonds is 2. The van der Waals surface area contributed by atoms with Gasteiger partial charge in [-0.3, -0.25) is 0 Å². The third-order valence-corrected chi connectivity index (χ3v) is 6.38. The van der Waals surface area contributed by atoms with Crippen LogP contribution in [0.5, 0.6) is 0 Å². The van der Waals surface area contributed by atoms with Gasteiger partial charge in [0.25, 0.3) is 10.0 Å². The first-order chi connectivity index (χ1) is 8.01. The largest absolute Gasteiger partial charge is 0.375 e. The van der Waals surface area contributed by atoms with Crippen LogP contribution in [0, 0.1) is 6.92 Å². The molecule has 2 rings (SSSR count). The molecule has 1 aliphatic rings. The molecule has 0 spiro atoms. The summed E-state index contributed by atoms with van der Waals surface area (Å²) in [5, 5.41) is 0.316. The zero-order chi connectivity index (χ0) is 12.5. The van der Waals surface area contributed by atoms with Crippen molar-refractivity contribution in [1.82, 2.24) is 9.29 Å². The van der Waals surface area contributed by atoms with Crippen LogP contribution >= 0.6 is 11.3 Å². The minimum absolute atomic E-state index is 0.303. The second-order valence-corrected chi connectivity index (χ2v) is 7.41. The summed E-state index contributed by atoms with van der Waals surface area (Å²) in [6, 6.07) is 0. The molecule has 7 heteroatoms. The van der Waals surface area contributed by atoms with Crippen molar-refractivity contribution >= 4 is 26.5 Å². The summed E-state index contributed by atoms with van der Waals surface area (Å²) in [7, 11) is -3.39. The molecular weight excluding hydrogens is 258 g/mol. The third-order valence-electron chi connectivity index (χ3n) is 2.91. The number of anilines is 1. The van der Waals surface area contributed by atoms with Gasteiger partial charge in [-0.25, -0.2) is 13.4 Å². The first kappa shape index (κ1) is 12.8. The van der Waals surface area contributed by atoms with Gasteiger partial charge in [0.15, 0.2) is 9.34 Å². The summed E-state index contributed by atoms with van der Waals surface area (Å²) in [5.74, 6) is 0. The van der Waals surface area contributed by atoms with Crippen molar-refractivity contribution in [3.8, 4) is 0 Å². The Morgan fingerprint density at radius 3 is 2.29 bits per heavy atom. The maximum Gasteiger partial charge on any atom is 0.254 e. The van der Waals surface area contributed by atoms with Crippen molar-refractivity contribution in [2.75, 3.05) is 18.8 Å². The number of nitrogen functional groups attached to an aromatic ring is 1. The van der Waals surface area contributed by atoms with Crippen molar-refractivity contribution in [1.29, 1.82) is 0 Å². The Balaban J connectivity index is 2.31. The minimum atomic E-state index is -3.39. The fourth-order valence-corrected chi connectivity index (χ4v) is 4.99. The van der Waals surface area contributed by atoms with Crippen LogP contribution in [0.1, 0.15) is 31.4 Å². The van der Waals surface area contributed by atoms with Crippen molar-refractivity contribution in [3.63, 3.8) is 0 Å². The van der Waals surface area contributed by atoms with E-state index in [1.165, 1.54) is 0 Å². The number of nitrogens with two attached hydrogens (primary N) is 1. The maximum absolute atomic E-state index is 12.4. The lowest BCUT2D eigenvalue weighted by Crippen LogP contribution is -2.31. The summed E-state index contributed by atoms with van der Waals surface area (Å²) >= 11 is 1.06. The molecule has 2 N–H and O–H groups in total. The highest BCUT2D eigenvalue weighted by molar-refractivity contribution is 7.91. The molecule has 0 aromatic carbocycles. The normalized spacial score (nSPS) is 19.1. The number of nitrogens with zero attached hydrogens (tertiary/aromatic N) is 2. The van der Waals surface area contributed by atoms with Crippen molar-refractivity contribution in [2.24, 2.45) is 0 Å². The van der Waals surface area contributed by atoms with E-state index in [0.29, 0.717) is 28.1 Å². The average Bonchev–Trinajstić information content (AvgIpc) is 2.52. The molecule has 1 saturated heterocycles. The van der Waals surface area contributed by atoms with Crippen LogP contribution in [-0.4, -0.2) is 30.8 Å². The predicted molar refractivity (Wildman–Crippen MR) is 68.5 cm³/mol. The van der Waals surface area contributed by atoms with Gasteiger partial charge in [-0.05, 0) is 19.8 Å². The number of aryl methyl sites for hydroxylation is 1. The van der Waals surface area contributed by atoms with Gasteiger partial charge in [-0.2, -0.15) is 4.31 Å². The fraction of sp³-hybridized carbons (Fsp3) is 0.700. The first-order valence-corrected chi connectivity index (χ1v) is 8.00. The van der Waals surface area contributed by atoms with Gasteiger partial charge < -0.3 is 5.73 Å². The Morgan fingerprint density at radius 1 is 1.24 bits per heavy atom. The second-order valence-electron chi connectivity index (χ2n) is 4.24. The van der Waals surface area contributed by atoms with E-state index < -0.39 is 10.0 Å². The van der Waals surface area contributed by atoms with Crippen LogP contribution in [0.25, 0.3) is 0 Å². The number of aromatic nitrogens is 1. The van der Waals surface area contributed by atoms with Gasteiger partial charge in [0.05, 0.1) is 5.69 Å². The Labute approximate surface area is 106 Å². The Hall–Kier alpha value is -0.660. The van der Waals surface area contributed by atoms with E-state index in [4.69, 9.17) is 5.73 Å². The smallest absolute Gasteiger partial charge is 0.254 e. The van der Waals surface area contributed by atoms with E-state index in [0.717, 1.165) is 37.0 Å². The highest BCUT2D eigenvalue weighted by Gasteiger charge is 2.29. The zero-order valence-electron chi connectivity index (χ0n) is 9.85. The van der Waals surface area contributed by atoms with Crippen LogP contribution in [0.2, 0.25) is 0 Å². The molecule has 1 aromatic heterocycles. The average molecular weight is 275 g/mol. The molecule has 1 aromatic rings. The van der Waals surface area contributed by atoms with Crippen LogP contribution < -0.4 is 5.73 Å². The predicted octanol–water partition coefficient (Wildman–Crippen LogP) is 1.60. The highest BCUT2D eigenvalue weighted by atomic mass is 32.2. The third kappa shape index (κ3) is 2.61. The Bertz CT molecular complexity index is 488. The summed E-state index contributed by atoms with van der Waals surface area (Å²) < 4.78 is 26.7. The second kappa shape index (κ2) is 4.91. The first-order valence-electron chi connectivity index (χ1n) is 5.75. The van der Waals surface area contributed by atoms with Gasteiger partial charge in [0, 0.05) is 13.1 Å². The molecule has 0 unspecified atom stereocenters.